The van der Waals surface area contributed by atoms with Gasteiger partial charge in [0.25, 0.3) is 5.91 Å². The van der Waals surface area contributed by atoms with Crippen LogP contribution in [0.1, 0.15) is 30.1 Å². The van der Waals surface area contributed by atoms with Gasteiger partial charge in [-0.25, -0.2) is 0 Å². The van der Waals surface area contributed by atoms with Gasteiger partial charge in [-0.05, 0) is 25.8 Å². The van der Waals surface area contributed by atoms with Crippen molar-refractivity contribution in [1.29, 1.82) is 0 Å². The maximum absolute atomic E-state index is 12.3. The highest BCUT2D eigenvalue weighted by molar-refractivity contribution is 7.17. The summed E-state index contributed by atoms with van der Waals surface area (Å²) in [6, 6.07) is 8.07. The fraction of sp³-hybridized carbons (Fsp3) is 0.400. The number of hydrogen-bond donors (Lipinski definition) is 1. The predicted octanol–water partition coefficient (Wildman–Crippen LogP) is 3.20. The van der Waals surface area contributed by atoms with Crippen molar-refractivity contribution in [3.63, 3.8) is 0 Å². The van der Waals surface area contributed by atoms with Gasteiger partial charge in [-0.1, -0.05) is 18.2 Å². The number of carbonyl (C=O) groups is 1. The van der Waals surface area contributed by atoms with E-state index in [0.717, 1.165) is 35.1 Å². The number of hydrogen-bond acceptors (Lipinski definition) is 3. The van der Waals surface area contributed by atoms with Gasteiger partial charge in [0, 0.05) is 22.1 Å². The van der Waals surface area contributed by atoms with E-state index in [1.807, 2.05) is 36.6 Å². The molecule has 0 bridgehead atoms. The lowest BCUT2D eigenvalue weighted by Gasteiger charge is -2.19. The molecule has 4 heteroatoms. The second kappa shape index (κ2) is 5.31. The molecule has 1 fully saturated rings. The van der Waals surface area contributed by atoms with Crippen LogP contribution in [0.25, 0.3) is 10.1 Å². The number of ether oxygens (including phenoxy) is 1. The summed E-state index contributed by atoms with van der Waals surface area (Å²) in [5, 5.41) is 6.02. The molecule has 2 aromatic rings. The Morgan fingerprint density at radius 2 is 2.32 bits per heavy atom. The fourth-order valence-corrected chi connectivity index (χ4v) is 3.47. The molecule has 2 heterocycles. The van der Waals surface area contributed by atoms with Crippen molar-refractivity contribution >= 4 is 27.3 Å². The first-order valence-corrected chi connectivity index (χ1v) is 7.52. The molecular weight excluding hydrogens is 258 g/mol. The van der Waals surface area contributed by atoms with E-state index in [2.05, 4.69) is 5.32 Å². The zero-order valence-corrected chi connectivity index (χ0v) is 11.7. The summed E-state index contributed by atoms with van der Waals surface area (Å²) < 4.78 is 6.76. The van der Waals surface area contributed by atoms with Crippen LogP contribution in [-0.2, 0) is 4.74 Å². The van der Waals surface area contributed by atoms with Crippen LogP contribution in [0.4, 0.5) is 0 Å². The Hall–Kier alpha value is -1.39. The predicted molar refractivity (Wildman–Crippen MR) is 77.7 cm³/mol. The van der Waals surface area contributed by atoms with Gasteiger partial charge in [-0.2, -0.15) is 0 Å². The van der Waals surface area contributed by atoms with Gasteiger partial charge in [0.05, 0.1) is 17.7 Å². The SMILES string of the molecule is C[C@@H](NC(=O)c1csc2ccccc12)[C@H]1CCCO1. The number of amides is 1. The highest BCUT2D eigenvalue weighted by atomic mass is 32.1. The Kier molecular flexibility index (Phi) is 3.53. The highest BCUT2D eigenvalue weighted by Gasteiger charge is 2.24. The van der Waals surface area contributed by atoms with Crippen molar-refractivity contribution in [3.8, 4) is 0 Å². The van der Waals surface area contributed by atoms with E-state index in [4.69, 9.17) is 4.74 Å². The first kappa shape index (κ1) is 12.6. The molecule has 19 heavy (non-hydrogen) atoms. The van der Waals surface area contributed by atoms with E-state index < -0.39 is 0 Å². The molecule has 2 atom stereocenters. The Morgan fingerprint density at radius 3 is 3.11 bits per heavy atom. The van der Waals surface area contributed by atoms with Crippen LogP contribution < -0.4 is 5.32 Å². The first-order valence-electron chi connectivity index (χ1n) is 6.64. The van der Waals surface area contributed by atoms with Crippen LogP contribution >= 0.6 is 11.3 Å². The summed E-state index contributed by atoms with van der Waals surface area (Å²) in [5.41, 5.74) is 0.769. The second-order valence-electron chi connectivity index (χ2n) is 4.96. The van der Waals surface area contributed by atoms with Gasteiger partial charge in [0.1, 0.15) is 0 Å². The minimum Gasteiger partial charge on any atom is -0.376 e. The average Bonchev–Trinajstić information content (AvgIpc) is 3.08. The lowest BCUT2D eigenvalue weighted by Crippen LogP contribution is -2.40. The molecule has 0 saturated carbocycles. The van der Waals surface area contributed by atoms with E-state index >= 15 is 0 Å². The molecule has 1 aromatic carbocycles. The monoisotopic (exact) mass is 275 g/mol. The van der Waals surface area contributed by atoms with Crippen molar-refractivity contribution in [3.05, 3.63) is 35.2 Å². The van der Waals surface area contributed by atoms with Gasteiger partial charge in [0.2, 0.25) is 0 Å². The van der Waals surface area contributed by atoms with Gasteiger partial charge in [0.15, 0.2) is 0 Å². The highest BCUT2D eigenvalue weighted by Crippen LogP contribution is 2.26. The Morgan fingerprint density at radius 1 is 1.47 bits per heavy atom. The molecule has 0 spiro atoms. The van der Waals surface area contributed by atoms with Crippen LogP contribution in [0.5, 0.6) is 0 Å². The third kappa shape index (κ3) is 2.51. The van der Waals surface area contributed by atoms with Crippen LogP contribution in [-0.4, -0.2) is 24.7 Å². The van der Waals surface area contributed by atoms with Gasteiger partial charge >= 0.3 is 0 Å². The number of carbonyl (C=O) groups excluding carboxylic acids is 1. The molecule has 1 aromatic heterocycles. The summed E-state index contributed by atoms with van der Waals surface area (Å²) in [6.45, 7) is 2.83. The van der Waals surface area contributed by atoms with Crippen molar-refractivity contribution in [2.75, 3.05) is 6.61 Å². The maximum atomic E-state index is 12.3. The molecule has 1 N–H and O–H groups in total. The lowest BCUT2D eigenvalue weighted by molar-refractivity contribution is 0.0713. The minimum atomic E-state index is 0.000417. The van der Waals surface area contributed by atoms with Crippen LogP contribution in [0.3, 0.4) is 0 Å². The van der Waals surface area contributed by atoms with Crippen LogP contribution in [0.15, 0.2) is 29.6 Å². The fourth-order valence-electron chi connectivity index (χ4n) is 2.53. The molecule has 0 radical (unpaired) electrons. The van der Waals surface area contributed by atoms with Gasteiger partial charge in [-0.15, -0.1) is 11.3 Å². The summed E-state index contributed by atoms with van der Waals surface area (Å²) in [5.74, 6) is 0.000417. The topological polar surface area (TPSA) is 38.3 Å². The van der Waals surface area contributed by atoms with E-state index in [9.17, 15) is 4.79 Å². The molecule has 0 unspecified atom stereocenters. The zero-order chi connectivity index (χ0) is 13.2. The Bertz CT molecular complexity index is 587. The number of fused-ring (bicyclic) bond motifs is 1. The Labute approximate surface area is 116 Å². The smallest absolute Gasteiger partial charge is 0.253 e. The molecule has 0 aliphatic carbocycles. The van der Waals surface area contributed by atoms with E-state index in [1.54, 1.807) is 11.3 Å². The summed E-state index contributed by atoms with van der Waals surface area (Å²) in [7, 11) is 0. The normalized spacial score (nSPS) is 20.6. The third-order valence-corrected chi connectivity index (χ3v) is 4.57. The molecule has 1 saturated heterocycles. The van der Waals surface area contributed by atoms with E-state index in [1.165, 1.54) is 0 Å². The molecule has 3 nitrogen and oxygen atoms in total. The second-order valence-corrected chi connectivity index (χ2v) is 5.87. The average molecular weight is 275 g/mol. The van der Waals surface area contributed by atoms with Gasteiger partial charge < -0.3 is 10.1 Å². The molecule has 3 rings (SSSR count). The number of thiophene rings is 1. The van der Waals surface area contributed by atoms with Crippen molar-refractivity contribution < 1.29 is 9.53 Å². The molecule has 100 valence electrons. The summed E-state index contributed by atoms with van der Waals surface area (Å²) in [6.07, 6.45) is 2.28. The van der Waals surface area contributed by atoms with Crippen molar-refractivity contribution in [2.45, 2.75) is 31.9 Å². The minimum absolute atomic E-state index is 0.000417. The first-order chi connectivity index (χ1) is 9.25. The molecule has 1 aliphatic heterocycles. The number of rotatable bonds is 3. The van der Waals surface area contributed by atoms with Gasteiger partial charge in [-0.3, -0.25) is 4.79 Å². The Balaban J connectivity index is 1.76. The third-order valence-electron chi connectivity index (χ3n) is 3.61. The number of nitrogens with one attached hydrogen (secondary N) is 1. The standard InChI is InChI=1S/C15H17NO2S/c1-10(13-6-4-8-18-13)16-15(17)12-9-19-14-7-3-2-5-11(12)14/h2-3,5,7,9-10,13H,4,6,8H2,1H3,(H,16,17)/t10-,13-/m1/s1. The molecule has 1 aliphatic rings. The summed E-state index contributed by atoms with van der Waals surface area (Å²) in [4.78, 5) is 12.3. The lowest BCUT2D eigenvalue weighted by atomic mass is 10.1. The molecular formula is C15H17NO2S. The van der Waals surface area contributed by atoms with Crippen LogP contribution in [0.2, 0.25) is 0 Å². The quantitative estimate of drug-likeness (QED) is 0.934. The van der Waals surface area contributed by atoms with E-state index in [-0.39, 0.29) is 18.1 Å². The maximum Gasteiger partial charge on any atom is 0.253 e. The largest absolute Gasteiger partial charge is 0.376 e. The zero-order valence-electron chi connectivity index (χ0n) is 10.9. The molecule has 1 amide bonds. The number of benzene rings is 1. The van der Waals surface area contributed by atoms with Crippen molar-refractivity contribution in [2.24, 2.45) is 0 Å². The summed E-state index contributed by atoms with van der Waals surface area (Å²) >= 11 is 1.61. The van der Waals surface area contributed by atoms with Crippen LogP contribution in [0, 0.1) is 0 Å². The van der Waals surface area contributed by atoms with Crippen molar-refractivity contribution in [1.82, 2.24) is 5.32 Å². The van der Waals surface area contributed by atoms with E-state index in [0.29, 0.717) is 0 Å².